The molecule has 0 aliphatic heterocycles. The van der Waals surface area contributed by atoms with Gasteiger partial charge in [0, 0.05) is 38.1 Å². The number of hydrogen-bond acceptors (Lipinski definition) is 4. The number of aromatic nitrogens is 2. The predicted octanol–water partition coefficient (Wildman–Crippen LogP) is 2.39. The van der Waals surface area contributed by atoms with Gasteiger partial charge in [-0.3, -0.25) is 4.90 Å². The Morgan fingerprint density at radius 1 is 1.22 bits per heavy atom. The Labute approximate surface area is 137 Å². The summed E-state index contributed by atoms with van der Waals surface area (Å²) in [4.78, 5) is 6.57. The topological polar surface area (TPSA) is 61.5 Å². The minimum atomic E-state index is -0.137. The number of benzene rings is 1. The molecule has 0 amide bonds. The van der Waals surface area contributed by atoms with Crippen LogP contribution in [0.25, 0.3) is 0 Å². The van der Waals surface area contributed by atoms with Crippen LogP contribution in [0.4, 0.5) is 0 Å². The Hall–Kier alpha value is -1.85. The molecule has 1 fully saturated rings. The van der Waals surface area contributed by atoms with Gasteiger partial charge in [0.2, 0.25) is 0 Å². The molecule has 1 aliphatic carbocycles. The van der Waals surface area contributed by atoms with Crippen molar-refractivity contribution in [2.24, 2.45) is 0 Å². The molecule has 0 unspecified atom stereocenters. The van der Waals surface area contributed by atoms with Crippen LogP contribution in [0.2, 0.25) is 0 Å². The third-order valence-corrected chi connectivity index (χ3v) is 4.68. The van der Waals surface area contributed by atoms with Crippen molar-refractivity contribution in [1.29, 1.82) is 0 Å². The Morgan fingerprint density at radius 2 is 2.04 bits per heavy atom. The zero-order valence-electron chi connectivity index (χ0n) is 13.4. The van der Waals surface area contributed by atoms with Crippen LogP contribution >= 0.6 is 0 Å². The SMILES string of the molecule is Oc1cccc(CN(CCn2ccnc2)C2CCC(O)CC2)c1. The standard InChI is InChI=1S/C18H25N3O2/c22-17-6-4-16(5-7-17)21(11-10-20-9-8-19-14-20)13-15-2-1-3-18(23)12-15/h1-3,8-9,12,14,16-17,22-23H,4-7,10-11,13H2. The second-order valence-electron chi connectivity index (χ2n) is 6.40. The summed E-state index contributed by atoms with van der Waals surface area (Å²) < 4.78 is 2.09. The first-order chi connectivity index (χ1) is 11.2. The highest BCUT2D eigenvalue weighted by Crippen LogP contribution is 2.25. The van der Waals surface area contributed by atoms with E-state index in [1.807, 2.05) is 24.7 Å². The molecule has 1 aromatic heterocycles. The van der Waals surface area contributed by atoms with Crippen LogP contribution in [0.15, 0.2) is 43.0 Å². The van der Waals surface area contributed by atoms with Gasteiger partial charge in [-0.25, -0.2) is 4.98 Å². The quantitative estimate of drug-likeness (QED) is 0.859. The highest BCUT2D eigenvalue weighted by molar-refractivity contribution is 5.27. The average molecular weight is 315 g/mol. The van der Waals surface area contributed by atoms with E-state index in [2.05, 4.69) is 20.5 Å². The number of aliphatic hydroxyl groups excluding tert-OH is 1. The molecule has 1 aromatic carbocycles. The molecular formula is C18H25N3O2. The molecule has 1 saturated carbocycles. The molecule has 124 valence electrons. The highest BCUT2D eigenvalue weighted by Gasteiger charge is 2.24. The summed E-state index contributed by atoms with van der Waals surface area (Å²) in [7, 11) is 0. The van der Waals surface area contributed by atoms with E-state index in [1.54, 1.807) is 12.3 Å². The van der Waals surface area contributed by atoms with Crippen molar-refractivity contribution < 1.29 is 10.2 Å². The van der Waals surface area contributed by atoms with E-state index in [4.69, 9.17) is 0 Å². The fraction of sp³-hybridized carbons (Fsp3) is 0.500. The number of rotatable bonds is 6. The maximum absolute atomic E-state index is 9.75. The summed E-state index contributed by atoms with van der Waals surface area (Å²) in [6.45, 7) is 2.66. The van der Waals surface area contributed by atoms with Gasteiger partial charge in [0.1, 0.15) is 5.75 Å². The molecule has 1 heterocycles. The number of imidazole rings is 1. The third-order valence-electron chi connectivity index (χ3n) is 4.68. The van der Waals surface area contributed by atoms with Crippen molar-refractivity contribution in [3.8, 4) is 5.75 Å². The minimum Gasteiger partial charge on any atom is -0.508 e. The van der Waals surface area contributed by atoms with Gasteiger partial charge in [0.25, 0.3) is 0 Å². The number of nitrogens with zero attached hydrogens (tertiary/aromatic N) is 3. The summed E-state index contributed by atoms with van der Waals surface area (Å²) in [5.41, 5.74) is 1.13. The van der Waals surface area contributed by atoms with Crippen molar-refractivity contribution in [3.05, 3.63) is 48.5 Å². The second-order valence-corrected chi connectivity index (χ2v) is 6.40. The zero-order chi connectivity index (χ0) is 16.1. The van der Waals surface area contributed by atoms with Crippen molar-refractivity contribution in [1.82, 2.24) is 14.5 Å². The van der Waals surface area contributed by atoms with E-state index >= 15 is 0 Å². The Bertz CT molecular complexity index is 592. The van der Waals surface area contributed by atoms with Crippen LogP contribution in [0.5, 0.6) is 5.75 Å². The fourth-order valence-corrected chi connectivity index (χ4v) is 3.37. The third kappa shape index (κ3) is 4.56. The molecule has 23 heavy (non-hydrogen) atoms. The van der Waals surface area contributed by atoms with E-state index in [0.717, 1.165) is 50.9 Å². The van der Waals surface area contributed by atoms with E-state index in [0.29, 0.717) is 11.8 Å². The lowest BCUT2D eigenvalue weighted by molar-refractivity contribution is 0.0685. The molecule has 2 aromatic rings. The fourth-order valence-electron chi connectivity index (χ4n) is 3.37. The van der Waals surface area contributed by atoms with Crippen molar-refractivity contribution in [2.45, 2.75) is 50.9 Å². The Kier molecular flexibility index (Phi) is 5.31. The van der Waals surface area contributed by atoms with E-state index < -0.39 is 0 Å². The molecule has 0 atom stereocenters. The number of aliphatic hydroxyl groups is 1. The maximum Gasteiger partial charge on any atom is 0.115 e. The first kappa shape index (κ1) is 16.0. The largest absolute Gasteiger partial charge is 0.508 e. The molecule has 3 rings (SSSR count). The van der Waals surface area contributed by atoms with E-state index in [-0.39, 0.29) is 6.10 Å². The van der Waals surface area contributed by atoms with Gasteiger partial charge >= 0.3 is 0 Å². The van der Waals surface area contributed by atoms with Crippen LogP contribution < -0.4 is 0 Å². The van der Waals surface area contributed by atoms with Crippen LogP contribution in [0.1, 0.15) is 31.2 Å². The number of aromatic hydroxyl groups is 1. The summed E-state index contributed by atoms with van der Waals surface area (Å²) in [6.07, 6.45) is 9.32. The summed E-state index contributed by atoms with van der Waals surface area (Å²) >= 11 is 0. The molecule has 5 heteroatoms. The monoisotopic (exact) mass is 315 g/mol. The minimum absolute atomic E-state index is 0.137. The molecule has 0 saturated heterocycles. The smallest absolute Gasteiger partial charge is 0.115 e. The number of phenols is 1. The van der Waals surface area contributed by atoms with E-state index in [9.17, 15) is 10.2 Å². The van der Waals surface area contributed by atoms with Crippen molar-refractivity contribution in [3.63, 3.8) is 0 Å². The summed E-state index contributed by atoms with van der Waals surface area (Å²) in [6, 6.07) is 7.98. The first-order valence-corrected chi connectivity index (χ1v) is 8.36. The Balaban J connectivity index is 1.67. The summed E-state index contributed by atoms with van der Waals surface area (Å²) in [5.74, 6) is 0.316. The van der Waals surface area contributed by atoms with Crippen LogP contribution in [-0.2, 0) is 13.1 Å². The number of hydrogen-bond donors (Lipinski definition) is 2. The van der Waals surface area contributed by atoms with Crippen molar-refractivity contribution in [2.75, 3.05) is 6.54 Å². The lowest BCUT2D eigenvalue weighted by atomic mass is 9.91. The van der Waals surface area contributed by atoms with Crippen LogP contribution in [-0.4, -0.2) is 43.4 Å². The van der Waals surface area contributed by atoms with Gasteiger partial charge in [-0.1, -0.05) is 12.1 Å². The molecule has 0 radical (unpaired) electrons. The van der Waals surface area contributed by atoms with Crippen LogP contribution in [0, 0.1) is 0 Å². The zero-order valence-corrected chi connectivity index (χ0v) is 13.4. The average Bonchev–Trinajstić information content (AvgIpc) is 3.06. The molecular weight excluding hydrogens is 290 g/mol. The van der Waals surface area contributed by atoms with Gasteiger partial charge in [0.15, 0.2) is 0 Å². The second kappa shape index (κ2) is 7.62. The number of phenolic OH excluding ortho intramolecular Hbond substituents is 1. The maximum atomic E-state index is 9.75. The summed E-state index contributed by atoms with van der Waals surface area (Å²) in [5, 5.41) is 19.4. The van der Waals surface area contributed by atoms with Crippen LogP contribution in [0.3, 0.4) is 0 Å². The predicted molar refractivity (Wildman–Crippen MR) is 89.0 cm³/mol. The Morgan fingerprint density at radius 3 is 2.74 bits per heavy atom. The lowest BCUT2D eigenvalue weighted by Crippen LogP contribution is -2.40. The van der Waals surface area contributed by atoms with Gasteiger partial charge in [-0.05, 0) is 43.4 Å². The van der Waals surface area contributed by atoms with Gasteiger partial charge < -0.3 is 14.8 Å². The molecule has 0 spiro atoms. The first-order valence-electron chi connectivity index (χ1n) is 8.36. The van der Waals surface area contributed by atoms with Gasteiger partial charge in [-0.15, -0.1) is 0 Å². The molecule has 2 N–H and O–H groups in total. The lowest BCUT2D eigenvalue weighted by Gasteiger charge is -2.36. The van der Waals surface area contributed by atoms with E-state index in [1.165, 1.54) is 0 Å². The molecule has 5 nitrogen and oxygen atoms in total. The highest BCUT2D eigenvalue weighted by atomic mass is 16.3. The molecule has 1 aliphatic rings. The van der Waals surface area contributed by atoms with Gasteiger partial charge in [-0.2, -0.15) is 0 Å². The van der Waals surface area contributed by atoms with Gasteiger partial charge in [0.05, 0.1) is 12.4 Å². The van der Waals surface area contributed by atoms with Crippen molar-refractivity contribution >= 4 is 0 Å². The molecule has 0 bridgehead atoms. The normalized spacial score (nSPS) is 21.7.